The monoisotopic (exact) mass is 350 g/mol. The first-order chi connectivity index (χ1) is 12.2. The van der Waals surface area contributed by atoms with Crippen LogP contribution in [0.2, 0.25) is 0 Å². The van der Waals surface area contributed by atoms with Crippen molar-refractivity contribution in [2.24, 2.45) is 0 Å². The van der Waals surface area contributed by atoms with Crippen LogP contribution < -0.4 is 5.56 Å². The van der Waals surface area contributed by atoms with Crippen LogP contribution in [0.4, 0.5) is 0 Å². The smallest absolute Gasteiger partial charge is 0.268 e. The van der Waals surface area contributed by atoms with Crippen LogP contribution in [0.25, 0.3) is 22.0 Å². The van der Waals surface area contributed by atoms with Gasteiger partial charge >= 0.3 is 0 Å². The Morgan fingerprint density at radius 2 is 2.16 bits per heavy atom. The third-order valence-corrected chi connectivity index (χ3v) is 5.05. The van der Waals surface area contributed by atoms with E-state index in [-0.39, 0.29) is 5.56 Å². The lowest BCUT2D eigenvalue weighted by atomic mass is 10.3. The van der Waals surface area contributed by atoms with Gasteiger partial charge in [-0.2, -0.15) is 5.10 Å². The quantitative estimate of drug-likeness (QED) is 0.567. The lowest BCUT2D eigenvalue weighted by Crippen LogP contribution is -2.16. The molecule has 25 heavy (non-hydrogen) atoms. The van der Waals surface area contributed by atoms with Gasteiger partial charge in [0, 0.05) is 35.6 Å². The molecule has 0 bridgehead atoms. The average molecular weight is 350 g/mol. The van der Waals surface area contributed by atoms with E-state index >= 15 is 0 Å². The molecule has 1 aliphatic rings. The van der Waals surface area contributed by atoms with Crippen molar-refractivity contribution in [1.82, 2.24) is 29.1 Å². The maximum Gasteiger partial charge on any atom is 0.269 e. The van der Waals surface area contributed by atoms with Crippen LogP contribution >= 0.6 is 11.3 Å². The summed E-state index contributed by atoms with van der Waals surface area (Å²) in [6, 6.07) is 3.80. The molecule has 124 valence electrons. The van der Waals surface area contributed by atoms with E-state index in [4.69, 9.17) is 0 Å². The molecule has 0 N–H and O–H groups in total. The van der Waals surface area contributed by atoms with Gasteiger partial charge in [-0.15, -0.1) is 11.3 Å². The maximum absolute atomic E-state index is 12.9. The average Bonchev–Trinajstić information content (AvgIpc) is 3.18. The Kier molecular flexibility index (Phi) is 3.08. The van der Waals surface area contributed by atoms with Gasteiger partial charge < -0.3 is 0 Å². The van der Waals surface area contributed by atoms with Gasteiger partial charge in [-0.25, -0.2) is 14.6 Å². The minimum atomic E-state index is -0.131. The summed E-state index contributed by atoms with van der Waals surface area (Å²) in [6.45, 7) is 1.93. The van der Waals surface area contributed by atoms with Crippen LogP contribution in [0, 0.1) is 6.92 Å². The molecule has 7 nitrogen and oxygen atoms in total. The van der Waals surface area contributed by atoms with Gasteiger partial charge in [-0.05, 0) is 31.9 Å². The van der Waals surface area contributed by atoms with Gasteiger partial charge in [-0.1, -0.05) is 0 Å². The highest BCUT2D eigenvalue weighted by Gasteiger charge is 2.30. The number of fused-ring (bicyclic) bond motifs is 1. The maximum atomic E-state index is 12.9. The number of pyridine rings is 1. The Morgan fingerprint density at radius 3 is 2.96 bits per heavy atom. The molecule has 0 saturated heterocycles. The zero-order chi connectivity index (χ0) is 17.0. The summed E-state index contributed by atoms with van der Waals surface area (Å²) >= 11 is 1.43. The SMILES string of the molecule is Cc1cc(-n2nc(C3CC3)nc2-c2cnc3sccn3c2=O)ccn1. The lowest BCUT2D eigenvalue weighted by Gasteiger charge is -2.06. The Hall–Kier alpha value is -2.87. The lowest BCUT2D eigenvalue weighted by molar-refractivity contribution is 0.834. The van der Waals surface area contributed by atoms with E-state index in [0.717, 1.165) is 30.0 Å². The predicted molar refractivity (Wildman–Crippen MR) is 94.2 cm³/mol. The second-order valence-electron chi connectivity index (χ2n) is 6.17. The van der Waals surface area contributed by atoms with E-state index in [0.29, 0.717) is 22.3 Å². The summed E-state index contributed by atoms with van der Waals surface area (Å²) in [7, 11) is 0. The Bertz CT molecular complexity index is 1150. The molecule has 1 aliphatic carbocycles. The van der Waals surface area contributed by atoms with E-state index in [1.807, 2.05) is 24.4 Å². The van der Waals surface area contributed by atoms with Crippen LogP contribution in [0.5, 0.6) is 0 Å². The van der Waals surface area contributed by atoms with Gasteiger partial charge in [0.05, 0.1) is 5.69 Å². The fraction of sp³-hybridized carbons (Fsp3) is 0.235. The number of aryl methyl sites for hydroxylation is 1. The normalized spacial score (nSPS) is 14.3. The Balaban J connectivity index is 1.76. The molecule has 0 aromatic carbocycles. The summed E-state index contributed by atoms with van der Waals surface area (Å²) in [4.78, 5) is 26.8. The number of hydrogen-bond acceptors (Lipinski definition) is 6. The topological polar surface area (TPSA) is 78.0 Å². The van der Waals surface area contributed by atoms with Crippen molar-refractivity contribution in [2.45, 2.75) is 25.7 Å². The van der Waals surface area contributed by atoms with Crippen molar-refractivity contribution >= 4 is 16.3 Å². The molecule has 4 aromatic rings. The van der Waals surface area contributed by atoms with E-state index in [9.17, 15) is 4.79 Å². The predicted octanol–water partition coefficient (Wildman–Crippen LogP) is 2.58. The van der Waals surface area contributed by atoms with Crippen LogP contribution in [-0.4, -0.2) is 29.1 Å². The summed E-state index contributed by atoms with van der Waals surface area (Å²) < 4.78 is 3.28. The van der Waals surface area contributed by atoms with Crippen molar-refractivity contribution in [1.29, 1.82) is 0 Å². The number of thiazole rings is 1. The molecule has 0 radical (unpaired) electrons. The van der Waals surface area contributed by atoms with E-state index < -0.39 is 0 Å². The van der Waals surface area contributed by atoms with Crippen molar-refractivity contribution in [3.63, 3.8) is 0 Å². The largest absolute Gasteiger partial charge is 0.269 e. The zero-order valence-electron chi connectivity index (χ0n) is 13.5. The summed E-state index contributed by atoms with van der Waals surface area (Å²) in [5.41, 5.74) is 2.05. The molecule has 1 saturated carbocycles. The first-order valence-electron chi connectivity index (χ1n) is 8.06. The molecule has 5 rings (SSSR count). The zero-order valence-corrected chi connectivity index (χ0v) is 14.3. The molecule has 4 heterocycles. The van der Waals surface area contributed by atoms with E-state index in [2.05, 4.69) is 20.1 Å². The first kappa shape index (κ1) is 14.5. The molecular weight excluding hydrogens is 336 g/mol. The van der Waals surface area contributed by atoms with Crippen molar-refractivity contribution in [2.75, 3.05) is 0 Å². The Labute approximate surface area is 146 Å². The number of hydrogen-bond donors (Lipinski definition) is 0. The molecule has 4 aromatic heterocycles. The molecule has 8 heteroatoms. The molecule has 0 atom stereocenters. The second-order valence-corrected chi connectivity index (χ2v) is 7.04. The Morgan fingerprint density at radius 1 is 1.28 bits per heavy atom. The van der Waals surface area contributed by atoms with Crippen LogP contribution in [-0.2, 0) is 0 Å². The molecule has 0 amide bonds. The van der Waals surface area contributed by atoms with Gasteiger partial charge in [0.15, 0.2) is 16.6 Å². The second kappa shape index (κ2) is 5.32. The van der Waals surface area contributed by atoms with Gasteiger partial charge in [0.25, 0.3) is 5.56 Å². The standard InChI is InChI=1S/C17H14N6OS/c1-10-8-12(4-5-18-10)23-15(20-14(21-23)11-2-3-11)13-9-19-17-22(16(13)24)6-7-25-17/h4-9,11H,2-3H2,1H3. The summed E-state index contributed by atoms with van der Waals surface area (Å²) in [5, 5.41) is 6.52. The molecule has 1 fully saturated rings. The van der Waals surface area contributed by atoms with Gasteiger partial charge in [0.1, 0.15) is 5.56 Å². The summed E-state index contributed by atoms with van der Waals surface area (Å²) in [6.07, 6.45) is 7.26. The summed E-state index contributed by atoms with van der Waals surface area (Å²) in [5.74, 6) is 1.72. The molecular formula is C17H14N6OS. The van der Waals surface area contributed by atoms with E-state index in [1.165, 1.54) is 11.3 Å². The number of rotatable bonds is 3. The van der Waals surface area contributed by atoms with Crippen molar-refractivity contribution < 1.29 is 0 Å². The minimum absolute atomic E-state index is 0.131. The first-order valence-corrected chi connectivity index (χ1v) is 8.94. The fourth-order valence-electron chi connectivity index (χ4n) is 2.84. The van der Waals surface area contributed by atoms with Crippen molar-refractivity contribution in [3.8, 4) is 17.1 Å². The highest BCUT2D eigenvalue weighted by molar-refractivity contribution is 7.15. The van der Waals surface area contributed by atoms with Crippen LogP contribution in [0.1, 0.15) is 30.3 Å². The fourth-order valence-corrected chi connectivity index (χ4v) is 3.51. The number of nitrogens with zero attached hydrogens (tertiary/aromatic N) is 6. The van der Waals surface area contributed by atoms with Crippen LogP contribution in [0.15, 0.2) is 40.9 Å². The molecule has 0 unspecified atom stereocenters. The third kappa shape index (κ3) is 2.37. The highest BCUT2D eigenvalue weighted by Crippen LogP contribution is 2.39. The molecule has 0 spiro atoms. The van der Waals surface area contributed by atoms with Crippen LogP contribution in [0.3, 0.4) is 0 Å². The van der Waals surface area contributed by atoms with Crippen molar-refractivity contribution in [3.05, 3.63) is 58.0 Å². The van der Waals surface area contributed by atoms with Gasteiger partial charge in [-0.3, -0.25) is 14.2 Å². The highest BCUT2D eigenvalue weighted by atomic mass is 32.1. The third-order valence-electron chi connectivity index (χ3n) is 4.27. The van der Waals surface area contributed by atoms with E-state index in [1.54, 1.807) is 27.7 Å². The van der Waals surface area contributed by atoms with Gasteiger partial charge in [0.2, 0.25) is 0 Å². The number of aromatic nitrogens is 6. The molecule has 0 aliphatic heterocycles. The minimum Gasteiger partial charge on any atom is -0.268 e.